The summed E-state index contributed by atoms with van der Waals surface area (Å²) in [5, 5.41) is 13.7. The fourth-order valence-corrected chi connectivity index (χ4v) is 8.14. The van der Waals surface area contributed by atoms with Gasteiger partial charge in [0.2, 0.25) is 0 Å². The molecule has 0 saturated heterocycles. The zero-order valence-corrected chi connectivity index (χ0v) is 30.3. The van der Waals surface area contributed by atoms with Gasteiger partial charge in [-0.05, 0) is 106 Å². The van der Waals surface area contributed by atoms with Gasteiger partial charge in [-0.1, -0.05) is 191 Å². The highest BCUT2D eigenvalue weighted by atomic mass is 14.4. The van der Waals surface area contributed by atoms with Crippen LogP contribution in [0.25, 0.3) is 66.1 Å². The lowest BCUT2D eigenvalue weighted by atomic mass is 9.80. The van der Waals surface area contributed by atoms with Crippen LogP contribution < -0.4 is 0 Å². The predicted octanol–water partition coefficient (Wildman–Crippen LogP) is 14.0. The minimum absolute atomic E-state index is 0.142. The average Bonchev–Trinajstić information content (AvgIpc) is 3.43. The highest BCUT2D eigenvalue weighted by molar-refractivity contribution is 6.20. The molecule has 1 N–H and O–H groups in total. The third-order valence-corrected chi connectivity index (χ3v) is 10.9. The Morgan fingerprint density at radius 1 is 0.547 bits per heavy atom. The second-order valence-corrected chi connectivity index (χ2v) is 14.3. The van der Waals surface area contributed by atoms with E-state index in [0.29, 0.717) is 5.71 Å². The van der Waals surface area contributed by atoms with Crippen molar-refractivity contribution in [2.45, 2.75) is 19.3 Å². The molecule has 0 saturated carbocycles. The second kappa shape index (κ2) is 13.5. The molecule has 0 spiro atoms. The van der Waals surface area contributed by atoms with Gasteiger partial charge in [-0.25, -0.2) is 0 Å². The fourth-order valence-electron chi connectivity index (χ4n) is 8.14. The lowest BCUT2D eigenvalue weighted by molar-refractivity contribution is 0.655. The van der Waals surface area contributed by atoms with E-state index in [-0.39, 0.29) is 5.41 Å². The molecule has 1 heteroatoms. The highest BCUT2D eigenvalue weighted by Crippen LogP contribution is 2.48. The van der Waals surface area contributed by atoms with Gasteiger partial charge in [-0.2, -0.15) is 0 Å². The van der Waals surface area contributed by atoms with E-state index in [2.05, 4.69) is 161 Å². The molecule has 0 amide bonds. The van der Waals surface area contributed by atoms with Gasteiger partial charge >= 0.3 is 0 Å². The van der Waals surface area contributed by atoms with Crippen molar-refractivity contribution in [3.8, 4) is 33.4 Å². The van der Waals surface area contributed by atoms with Crippen molar-refractivity contribution in [2.24, 2.45) is 0 Å². The summed E-state index contributed by atoms with van der Waals surface area (Å²) in [6.07, 6.45) is 7.77. The molecule has 1 aliphatic rings. The van der Waals surface area contributed by atoms with E-state index in [1.807, 2.05) is 42.5 Å². The number of allylic oxidation sites excluding steroid dienone is 7. The molecule has 0 aromatic heterocycles. The van der Waals surface area contributed by atoms with Crippen molar-refractivity contribution in [3.63, 3.8) is 0 Å². The second-order valence-electron chi connectivity index (χ2n) is 14.3. The minimum Gasteiger partial charge on any atom is -0.300 e. The highest BCUT2D eigenvalue weighted by Gasteiger charge is 2.35. The van der Waals surface area contributed by atoms with Crippen molar-refractivity contribution >= 4 is 38.4 Å². The van der Waals surface area contributed by atoms with Crippen LogP contribution in [0.5, 0.6) is 0 Å². The van der Waals surface area contributed by atoms with Gasteiger partial charge < -0.3 is 5.41 Å². The smallest absolute Gasteiger partial charge is 0.0612 e. The maximum Gasteiger partial charge on any atom is 0.0612 e. The third-order valence-electron chi connectivity index (χ3n) is 10.9. The first kappa shape index (κ1) is 33.6. The summed E-state index contributed by atoms with van der Waals surface area (Å²) in [6, 6.07) is 51.6. The first-order valence-corrected chi connectivity index (χ1v) is 18.1. The Kier molecular flexibility index (Phi) is 8.57. The van der Waals surface area contributed by atoms with E-state index in [0.717, 1.165) is 44.2 Å². The van der Waals surface area contributed by atoms with Crippen LogP contribution in [0.3, 0.4) is 0 Å². The van der Waals surface area contributed by atoms with E-state index in [9.17, 15) is 0 Å². The molecule has 1 aliphatic carbocycles. The average molecular weight is 680 g/mol. The molecule has 7 aromatic rings. The maximum absolute atomic E-state index is 9.00. The van der Waals surface area contributed by atoms with Crippen LogP contribution in [0, 0.1) is 5.41 Å². The van der Waals surface area contributed by atoms with Crippen LogP contribution in [0.4, 0.5) is 0 Å². The van der Waals surface area contributed by atoms with Gasteiger partial charge in [-0.3, -0.25) is 0 Å². The molecule has 254 valence electrons. The van der Waals surface area contributed by atoms with Gasteiger partial charge in [0.15, 0.2) is 0 Å². The number of hydrogen-bond acceptors (Lipinski definition) is 1. The normalized spacial score (nSPS) is 13.4. The third kappa shape index (κ3) is 5.81. The Morgan fingerprint density at radius 2 is 1.06 bits per heavy atom. The monoisotopic (exact) mass is 679 g/mol. The summed E-state index contributed by atoms with van der Waals surface area (Å²) in [7, 11) is 0. The molecule has 53 heavy (non-hydrogen) atoms. The van der Waals surface area contributed by atoms with Crippen molar-refractivity contribution in [1.82, 2.24) is 0 Å². The quantitative estimate of drug-likeness (QED) is 0.0892. The SMILES string of the molecule is C=CC1=C(C=C)C(C)(C)c2cc(-c3ccc(C(=N)/C=C\C(=C)c4c5ccccc5c(-c5ccc(-c6ccccc6)cc5)c5ccccc45)cc3)ccc21. The predicted molar refractivity (Wildman–Crippen MR) is 230 cm³/mol. The number of hydrogen-bond donors (Lipinski definition) is 1. The molecule has 0 radical (unpaired) electrons. The van der Waals surface area contributed by atoms with Gasteiger partial charge in [-0.15, -0.1) is 0 Å². The molecular formula is C52H41N. The number of nitrogens with one attached hydrogen (secondary N) is 1. The Labute approximate surface area is 312 Å². The zero-order valence-electron chi connectivity index (χ0n) is 30.3. The molecule has 7 aromatic carbocycles. The lowest BCUT2D eigenvalue weighted by Crippen LogP contribution is -2.16. The van der Waals surface area contributed by atoms with Crippen molar-refractivity contribution in [2.75, 3.05) is 0 Å². The van der Waals surface area contributed by atoms with Crippen LogP contribution in [-0.4, -0.2) is 5.71 Å². The van der Waals surface area contributed by atoms with Gasteiger partial charge in [0.25, 0.3) is 0 Å². The van der Waals surface area contributed by atoms with Crippen molar-refractivity contribution < 1.29 is 0 Å². The zero-order chi connectivity index (χ0) is 36.7. The van der Waals surface area contributed by atoms with E-state index in [1.165, 1.54) is 49.7 Å². The Balaban J connectivity index is 1.09. The number of fused-ring (bicyclic) bond motifs is 3. The van der Waals surface area contributed by atoms with Crippen LogP contribution >= 0.6 is 0 Å². The van der Waals surface area contributed by atoms with Crippen LogP contribution in [0.1, 0.15) is 36.1 Å². The standard InChI is InChI=1S/C52H41N/c1-6-41-42-31-30-40(33-48(42)52(4,5)47(41)7-2)37-22-26-38(27-23-37)49(53)32-21-34(3)50-43-17-11-13-19-45(43)51(46-20-14-12-18-44(46)50)39-28-24-36(25-29-39)35-15-9-8-10-16-35/h6-33,53H,1-3H2,4-5H3/b32-21-,53-49?. The van der Waals surface area contributed by atoms with Gasteiger partial charge in [0, 0.05) is 5.41 Å². The number of benzene rings is 7. The minimum atomic E-state index is -0.142. The summed E-state index contributed by atoms with van der Waals surface area (Å²) in [5.41, 5.74) is 15.1. The molecule has 0 aliphatic heterocycles. The van der Waals surface area contributed by atoms with Crippen LogP contribution in [-0.2, 0) is 5.41 Å². The first-order chi connectivity index (χ1) is 25.8. The summed E-state index contributed by atoms with van der Waals surface area (Å²) in [6.45, 7) is 17.2. The summed E-state index contributed by atoms with van der Waals surface area (Å²) in [5.74, 6) is 0. The van der Waals surface area contributed by atoms with Crippen molar-refractivity contribution in [1.29, 1.82) is 5.41 Å². The molecule has 0 bridgehead atoms. The van der Waals surface area contributed by atoms with Gasteiger partial charge in [0.05, 0.1) is 5.71 Å². The summed E-state index contributed by atoms with van der Waals surface area (Å²) >= 11 is 0. The molecular weight excluding hydrogens is 639 g/mol. The molecule has 1 nitrogen and oxygen atoms in total. The largest absolute Gasteiger partial charge is 0.300 e. The maximum atomic E-state index is 9.00. The topological polar surface area (TPSA) is 23.9 Å². The molecule has 0 unspecified atom stereocenters. The first-order valence-electron chi connectivity index (χ1n) is 18.1. The van der Waals surface area contributed by atoms with E-state index in [4.69, 9.17) is 5.41 Å². The molecule has 0 heterocycles. The fraction of sp³-hybridized carbons (Fsp3) is 0.0577. The Bertz CT molecular complexity index is 2610. The Morgan fingerprint density at radius 3 is 1.66 bits per heavy atom. The molecule has 0 fully saturated rings. The number of rotatable bonds is 9. The molecule has 8 rings (SSSR count). The van der Waals surface area contributed by atoms with E-state index >= 15 is 0 Å². The van der Waals surface area contributed by atoms with Crippen LogP contribution in [0.2, 0.25) is 0 Å². The summed E-state index contributed by atoms with van der Waals surface area (Å²) in [4.78, 5) is 0. The van der Waals surface area contributed by atoms with Crippen LogP contribution in [0.15, 0.2) is 195 Å². The van der Waals surface area contributed by atoms with E-state index in [1.54, 1.807) is 0 Å². The van der Waals surface area contributed by atoms with E-state index < -0.39 is 0 Å². The van der Waals surface area contributed by atoms with Crippen molar-refractivity contribution in [3.05, 3.63) is 217 Å². The summed E-state index contributed by atoms with van der Waals surface area (Å²) < 4.78 is 0. The molecule has 0 atom stereocenters. The van der Waals surface area contributed by atoms with Gasteiger partial charge in [0.1, 0.15) is 0 Å². The Hall–Kier alpha value is -6.57. The lowest BCUT2D eigenvalue weighted by Gasteiger charge is -2.23.